The molecule has 0 aliphatic rings. The summed E-state index contributed by atoms with van der Waals surface area (Å²) in [4.78, 5) is 0.172. The molecule has 1 unspecified atom stereocenters. The van der Waals surface area contributed by atoms with Gasteiger partial charge in [0.15, 0.2) is 0 Å². The Morgan fingerprint density at radius 3 is 2.60 bits per heavy atom. The second kappa shape index (κ2) is 5.07. The highest BCUT2D eigenvalue weighted by molar-refractivity contribution is 9.10. The molecule has 1 aromatic rings. The Balaban J connectivity index is 3.02. The molecule has 6 heteroatoms. The monoisotopic (exact) mass is 293 g/mol. The van der Waals surface area contributed by atoms with Crippen LogP contribution in [-0.4, -0.2) is 26.2 Å². The number of rotatable bonds is 4. The van der Waals surface area contributed by atoms with Gasteiger partial charge in [-0.05, 0) is 35.0 Å². The first-order valence-electron chi connectivity index (χ1n) is 4.35. The summed E-state index contributed by atoms with van der Waals surface area (Å²) in [6.45, 7) is 1.36. The summed E-state index contributed by atoms with van der Waals surface area (Å²) in [5, 5.41) is 8.78. The zero-order valence-corrected chi connectivity index (χ0v) is 10.5. The van der Waals surface area contributed by atoms with E-state index < -0.39 is 16.1 Å². The van der Waals surface area contributed by atoms with E-state index in [0.29, 0.717) is 4.47 Å². The van der Waals surface area contributed by atoms with Crippen LogP contribution in [0.3, 0.4) is 0 Å². The van der Waals surface area contributed by atoms with Crippen LogP contribution in [0, 0.1) is 0 Å². The predicted molar refractivity (Wildman–Crippen MR) is 61.0 cm³/mol. The van der Waals surface area contributed by atoms with Crippen molar-refractivity contribution in [2.24, 2.45) is 0 Å². The largest absolute Gasteiger partial charge is 0.395 e. The predicted octanol–water partition coefficient (Wildman–Crippen LogP) is 1.11. The molecule has 0 heterocycles. The fraction of sp³-hybridized carbons (Fsp3) is 0.333. The average Bonchev–Trinajstić information content (AvgIpc) is 2.17. The quantitative estimate of drug-likeness (QED) is 0.874. The molecule has 0 fully saturated rings. The van der Waals surface area contributed by atoms with E-state index in [-0.39, 0.29) is 11.5 Å². The van der Waals surface area contributed by atoms with Crippen LogP contribution in [0.1, 0.15) is 6.92 Å². The molecule has 84 valence electrons. The number of halogens is 1. The Morgan fingerprint density at radius 2 is 2.07 bits per heavy atom. The second-order valence-corrected chi connectivity index (χ2v) is 5.67. The molecule has 0 aromatic heterocycles. The molecule has 0 bridgehead atoms. The van der Waals surface area contributed by atoms with Crippen molar-refractivity contribution in [1.29, 1.82) is 0 Å². The van der Waals surface area contributed by atoms with Gasteiger partial charge in [-0.1, -0.05) is 12.1 Å². The molecule has 0 saturated carbocycles. The molecule has 1 aromatic carbocycles. The van der Waals surface area contributed by atoms with E-state index in [2.05, 4.69) is 20.7 Å². The minimum absolute atomic E-state index is 0.172. The molecule has 1 rings (SSSR count). The topological polar surface area (TPSA) is 66.4 Å². The molecule has 0 spiro atoms. The van der Waals surface area contributed by atoms with Crippen molar-refractivity contribution in [1.82, 2.24) is 4.72 Å². The van der Waals surface area contributed by atoms with Gasteiger partial charge in [0, 0.05) is 10.5 Å². The van der Waals surface area contributed by atoms with E-state index in [4.69, 9.17) is 5.11 Å². The van der Waals surface area contributed by atoms with Crippen molar-refractivity contribution < 1.29 is 13.5 Å². The van der Waals surface area contributed by atoms with E-state index in [1.807, 2.05) is 0 Å². The van der Waals surface area contributed by atoms with E-state index in [1.54, 1.807) is 25.1 Å². The summed E-state index contributed by atoms with van der Waals surface area (Å²) in [6.07, 6.45) is 0. The maximum absolute atomic E-state index is 11.8. The lowest BCUT2D eigenvalue weighted by atomic mass is 10.4. The average molecular weight is 294 g/mol. The molecular formula is C9H12BrNO3S. The van der Waals surface area contributed by atoms with E-state index >= 15 is 0 Å². The van der Waals surface area contributed by atoms with Crippen LogP contribution < -0.4 is 4.72 Å². The molecule has 1 atom stereocenters. The van der Waals surface area contributed by atoms with Crippen molar-refractivity contribution in [2.75, 3.05) is 6.61 Å². The lowest BCUT2D eigenvalue weighted by Gasteiger charge is -2.12. The van der Waals surface area contributed by atoms with Gasteiger partial charge >= 0.3 is 0 Å². The number of aliphatic hydroxyl groups is 1. The normalized spacial score (nSPS) is 13.8. The van der Waals surface area contributed by atoms with Gasteiger partial charge in [-0.25, -0.2) is 13.1 Å². The summed E-state index contributed by atoms with van der Waals surface area (Å²) in [5.41, 5.74) is 0. The first-order valence-corrected chi connectivity index (χ1v) is 6.62. The van der Waals surface area contributed by atoms with Gasteiger partial charge < -0.3 is 5.11 Å². The van der Waals surface area contributed by atoms with Crippen molar-refractivity contribution in [3.05, 3.63) is 28.7 Å². The third-order valence-corrected chi connectivity index (χ3v) is 4.36. The molecule has 0 aliphatic heterocycles. The Hall–Kier alpha value is -0.430. The molecule has 2 N–H and O–H groups in total. The molecule has 0 radical (unpaired) electrons. The molecule has 15 heavy (non-hydrogen) atoms. The number of aliphatic hydroxyl groups excluding tert-OH is 1. The number of hydrogen-bond acceptors (Lipinski definition) is 3. The SMILES string of the molecule is CC(CO)NS(=O)(=O)c1ccccc1Br. The van der Waals surface area contributed by atoms with Gasteiger partial charge in [0.1, 0.15) is 0 Å². The van der Waals surface area contributed by atoms with Crippen LogP contribution in [0.2, 0.25) is 0 Å². The molecular weight excluding hydrogens is 282 g/mol. The fourth-order valence-corrected chi connectivity index (χ4v) is 3.27. The van der Waals surface area contributed by atoms with Gasteiger partial charge in [0.25, 0.3) is 0 Å². The minimum Gasteiger partial charge on any atom is -0.395 e. The van der Waals surface area contributed by atoms with Crippen molar-refractivity contribution in [3.8, 4) is 0 Å². The Bertz CT molecular complexity index is 433. The maximum Gasteiger partial charge on any atom is 0.242 e. The summed E-state index contributed by atoms with van der Waals surface area (Å²) in [5.74, 6) is 0. The van der Waals surface area contributed by atoms with Crippen LogP contribution >= 0.6 is 15.9 Å². The number of nitrogens with one attached hydrogen (secondary N) is 1. The second-order valence-electron chi connectivity index (χ2n) is 3.14. The lowest BCUT2D eigenvalue weighted by molar-refractivity contribution is 0.265. The van der Waals surface area contributed by atoms with Crippen LogP contribution in [-0.2, 0) is 10.0 Å². The van der Waals surface area contributed by atoms with Crippen LogP contribution in [0.25, 0.3) is 0 Å². The van der Waals surface area contributed by atoms with Crippen LogP contribution in [0.15, 0.2) is 33.6 Å². The summed E-state index contributed by atoms with van der Waals surface area (Å²) in [6, 6.07) is 6.03. The van der Waals surface area contributed by atoms with E-state index in [9.17, 15) is 8.42 Å². The summed E-state index contributed by atoms with van der Waals surface area (Å²) in [7, 11) is -3.56. The van der Waals surface area contributed by atoms with Gasteiger partial charge in [0.2, 0.25) is 10.0 Å². The van der Waals surface area contributed by atoms with Gasteiger partial charge in [-0.2, -0.15) is 0 Å². The zero-order chi connectivity index (χ0) is 11.5. The summed E-state index contributed by atoms with van der Waals surface area (Å²) < 4.78 is 26.4. The maximum atomic E-state index is 11.8. The highest BCUT2D eigenvalue weighted by Crippen LogP contribution is 2.20. The fourth-order valence-electron chi connectivity index (χ4n) is 1.03. The third kappa shape index (κ3) is 3.27. The van der Waals surface area contributed by atoms with Crippen molar-refractivity contribution in [2.45, 2.75) is 17.9 Å². The van der Waals surface area contributed by atoms with Crippen LogP contribution in [0.5, 0.6) is 0 Å². The van der Waals surface area contributed by atoms with Gasteiger partial charge in [-0.3, -0.25) is 0 Å². The Kier molecular flexibility index (Phi) is 4.27. The van der Waals surface area contributed by atoms with E-state index in [1.165, 1.54) is 6.07 Å². The first-order chi connectivity index (χ1) is 6.97. The highest BCUT2D eigenvalue weighted by atomic mass is 79.9. The smallest absolute Gasteiger partial charge is 0.242 e. The number of hydrogen-bond donors (Lipinski definition) is 2. The molecule has 0 aliphatic carbocycles. The van der Waals surface area contributed by atoms with Gasteiger partial charge in [-0.15, -0.1) is 0 Å². The van der Waals surface area contributed by atoms with Crippen LogP contribution in [0.4, 0.5) is 0 Å². The zero-order valence-electron chi connectivity index (χ0n) is 8.14. The molecule has 0 amide bonds. The minimum atomic E-state index is -3.56. The standard InChI is InChI=1S/C9H12BrNO3S/c1-7(6-12)11-15(13,14)9-5-3-2-4-8(9)10/h2-5,7,11-12H,6H2,1H3. The van der Waals surface area contributed by atoms with Crippen molar-refractivity contribution in [3.63, 3.8) is 0 Å². The lowest BCUT2D eigenvalue weighted by Crippen LogP contribution is -2.35. The summed E-state index contributed by atoms with van der Waals surface area (Å²) >= 11 is 3.16. The Labute approximate surface area is 97.5 Å². The molecule has 4 nitrogen and oxygen atoms in total. The third-order valence-electron chi connectivity index (χ3n) is 1.76. The highest BCUT2D eigenvalue weighted by Gasteiger charge is 2.18. The molecule has 0 saturated heterocycles. The number of sulfonamides is 1. The Morgan fingerprint density at radius 1 is 1.47 bits per heavy atom. The van der Waals surface area contributed by atoms with Gasteiger partial charge in [0.05, 0.1) is 11.5 Å². The van der Waals surface area contributed by atoms with E-state index in [0.717, 1.165) is 0 Å². The number of benzene rings is 1. The first kappa shape index (κ1) is 12.6. The van der Waals surface area contributed by atoms with Crippen molar-refractivity contribution >= 4 is 26.0 Å².